The molecule has 0 aliphatic carbocycles. The van der Waals surface area contributed by atoms with Gasteiger partial charge in [-0.15, -0.1) is 0 Å². The number of nitrogens with zero attached hydrogens (tertiary/aromatic N) is 1. The van der Waals surface area contributed by atoms with Crippen LogP contribution < -0.4 is 0 Å². The van der Waals surface area contributed by atoms with Crippen molar-refractivity contribution in [1.29, 1.82) is 0 Å². The van der Waals surface area contributed by atoms with Crippen molar-refractivity contribution in [3.05, 3.63) is 35.9 Å². The van der Waals surface area contributed by atoms with Gasteiger partial charge in [-0.2, -0.15) is 8.42 Å². The molecule has 1 aliphatic rings. The van der Waals surface area contributed by atoms with Gasteiger partial charge in [0, 0.05) is 12.5 Å². The summed E-state index contributed by atoms with van der Waals surface area (Å²) in [5, 5.41) is 0. The molecule has 0 unspecified atom stereocenters. The Hall–Kier alpha value is -1.60. The molecule has 1 aromatic carbocycles. The first kappa shape index (κ1) is 18.7. The molecule has 0 bridgehead atoms. The third kappa shape index (κ3) is 5.49. The van der Waals surface area contributed by atoms with E-state index in [0.717, 1.165) is 11.8 Å². The van der Waals surface area contributed by atoms with E-state index in [0.29, 0.717) is 13.0 Å². The Morgan fingerprint density at radius 1 is 1.25 bits per heavy atom. The number of hydrogen-bond acceptors (Lipinski definition) is 5. The summed E-state index contributed by atoms with van der Waals surface area (Å²) >= 11 is 0. The molecule has 0 radical (unpaired) electrons. The van der Waals surface area contributed by atoms with Crippen molar-refractivity contribution >= 4 is 16.2 Å². The van der Waals surface area contributed by atoms with Crippen molar-refractivity contribution in [3.63, 3.8) is 0 Å². The maximum atomic E-state index is 12.5. The molecule has 134 valence electrons. The highest BCUT2D eigenvalue weighted by Gasteiger charge is 2.38. The molecule has 1 fully saturated rings. The Kier molecular flexibility index (Phi) is 5.55. The van der Waals surface area contributed by atoms with Crippen LogP contribution in [0.15, 0.2) is 30.3 Å². The molecule has 7 heteroatoms. The van der Waals surface area contributed by atoms with Crippen LogP contribution in [0.5, 0.6) is 0 Å². The fourth-order valence-corrected chi connectivity index (χ4v) is 3.19. The maximum Gasteiger partial charge on any atom is 0.410 e. The zero-order valence-electron chi connectivity index (χ0n) is 14.6. The van der Waals surface area contributed by atoms with Gasteiger partial charge in [-0.3, -0.25) is 4.18 Å². The fourth-order valence-electron chi connectivity index (χ4n) is 2.79. The Balaban J connectivity index is 2.15. The summed E-state index contributed by atoms with van der Waals surface area (Å²) in [5.74, 6) is 0.131. The molecule has 1 aliphatic heterocycles. The van der Waals surface area contributed by atoms with Gasteiger partial charge >= 0.3 is 6.09 Å². The zero-order valence-corrected chi connectivity index (χ0v) is 15.4. The average molecular weight is 355 g/mol. The van der Waals surface area contributed by atoms with Crippen LogP contribution in [-0.4, -0.2) is 50.5 Å². The topological polar surface area (TPSA) is 72.9 Å². The van der Waals surface area contributed by atoms with Crippen molar-refractivity contribution < 1.29 is 22.1 Å². The maximum absolute atomic E-state index is 12.5. The first-order valence-electron chi connectivity index (χ1n) is 7.94. The third-order valence-electron chi connectivity index (χ3n) is 3.79. The molecule has 0 N–H and O–H groups in total. The van der Waals surface area contributed by atoms with Crippen LogP contribution in [0, 0.1) is 0 Å². The minimum absolute atomic E-state index is 0.0542. The molecular formula is C17H25NO5S. The predicted molar refractivity (Wildman–Crippen MR) is 91.3 cm³/mol. The SMILES string of the molecule is CC(C)(C)OC(=O)N1C[C@H](c2ccccc2)C[C@@H]1COS(C)(=O)=O. The Bertz CT molecular complexity index is 666. The molecule has 0 spiro atoms. The summed E-state index contributed by atoms with van der Waals surface area (Å²) in [5.41, 5.74) is 0.511. The molecule has 1 amide bonds. The highest BCUT2D eigenvalue weighted by Crippen LogP contribution is 2.33. The molecule has 24 heavy (non-hydrogen) atoms. The van der Waals surface area contributed by atoms with E-state index >= 15 is 0 Å². The number of hydrogen-bond donors (Lipinski definition) is 0. The third-order valence-corrected chi connectivity index (χ3v) is 4.35. The lowest BCUT2D eigenvalue weighted by Crippen LogP contribution is -2.42. The van der Waals surface area contributed by atoms with E-state index in [1.165, 1.54) is 0 Å². The number of carbonyl (C=O) groups excluding carboxylic acids is 1. The van der Waals surface area contributed by atoms with Crippen molar-refractivity contribution in [3.8, 4) is 0 Å². The highest BCUT2D eigenvalue weighted by atomic mass is 32.2. The fraction of sp³-hybridized carbons (Fsp3) is 0.588. The minimum Gasteiger partial charge on any atom is -0.444 e. The van der Waals surface area contributed by atoms with E-state index in [1.54, 1.807) is 25.7 Å². The van der Waals surface area contributed by atoms with Crippen LogP contribution in [0.3, 0.4) is 0 Å². The Labute approximate surface area is 143 Å². The Morgan fingerprint density at radius 3 is 2.42 bits per heavy atom. The molecule has 1 saturated heterocycles. The predicted octanol–water partition coefficient (Wildman–Crippen LogP) is 2.76. The second-order valence-corrected chi connectivity index (χ2v) is 8.76. The Morgan fingerprint density at radius 2 is 1.88 bits per heavy atom. The van der Waals surface area contributed by atoms with E-state index in [2.05, 4.69) is 0 Å². The molecular weight excluding hydrogens is 330 g/mol. The molecule has 0 aromatic heterocycles. The van der Waals surface area contributed by atoms with E-state index in [-0.39, 0.29) is 18.6 Å². The quantitative estimate of drug-likeness (QED) is 0.777. The van der Waals surface area contributed by atoms with Gasteiger partial charge in [0.15, 0.2) is 0 Å². The molecule has 2 rings (SSSR count). The van der Waals surface area contributed by atoms with Crippen LogP contribution >= 0.6 is 0 Å². The first-order chi connectivity index (χ1) is 11.1. The lowest BCUT2D eigenvalue weighted by molar-refractivity contribution is 0.0188. The molecule has 6 nitrogen and oxygen atoms in total. The first-order valence-corrected chi connectivity index (χ1v) is 9.76. The van der Waals surface area contributed by atoms with Gasteiger partial charge in [0.25, 0.3) is 10.1 Å². The summed E-state index contributed by atoms with van der Waals surface area (Å²) in [6.45, 7) is 5.84. The number of carbonyl (C=O) groups is 1. The van der Waals surface area contributed by atoms with Gasteiger partial charge in [-0.1, -0.05) is 30.3 Å². The van der Waals surface area contributed by atoms with Gasteiger partial charge in [0.2, 0.25) is 0 Å². The van der Waals surface area contributed by atoms with Gasteiger partial charge in [-0.25, -0.2) is 4.79 Å². The summed E-state index contributed by atoms with van der Waals surface area (Å²) < 4.78 is 33.0. The standard InChI is InChI=1S/C17H25NO5S/c1-17(2,3)23-16(19)18-11-14(13-8-6-5-7-9-13)10-15(18)12-22-24(4,20)21/h5-9,14-15H,10-12H2,1-4H3/t14-,15-/m1/s1. The second-order valence-electron chi connectivity index (χ2n) is 7.12. The largest absolute Gasteiger partial charge is 0.444 e. The average Bonchev–Trinajstić information content (AvgIpc) is 2.88. The van der Waals surface area contributed by atoms with Crippen molar-refractivity contribution in [2.75, 3.05) is 19.4 Å². The molecule has 0 saturated carbocycles. The number of rotatable bonds is 4. The summed E-state index contributed by atoms with van der Waals surface area (Å²) in [4.78, 5) is 14.0. The smallest absolute Gasteiger partial charge is 0.410 e. The van der Waals surface area contributed by atoms with Crippen LogP contribution in [0.4, 0.5) is 4.79 Å². The van der Waals surface area contributed by atoms with Crippen molar-refractivity contribution in [1.82, 2.24) is 4.90 Å². The normalized spacial score (nSPS) is 21.8. The van der Waals surface area contributed by atoms with Crippen LogP contribution in [0.1, 0.15) is 38.7 Å². The number of ether oxygens (including phenoxy) is 1. The zero-order chi connectivity index (χ0) is 18.0. The number of likely N-dealkylation sites (tertiary alicyclic amines) is 1. The van der Waals surface area contributed by atoms with E-state index in [4.69, 9.17) is 8.92 Å². The van der Waals surface area contributed by atoms with Crippen LogP contribution in [-0.2, 0) is 19.0 Å². The van der Waals surface area contributed by atoms with Crippen LogP contribution in [0.25, 0.3) is 0 Å². The van der Waals surface area contributed by atoms with Crippen LogP contribution in [0.2, 0.25) is 0 Å². The van der Waals surface area contributed by atoms with Gasteiger partial charge in [-0.05, 0) is 32.8 Å². The summed E-state index contributed by atoms with van der Waals surface area (Å²) in [6, 6.07) is 9.53. The van der Waals surface area contributed by atoms with Gasteiger partial charge in [0.1, 0.15) is 5.60 Å². The van der Waals surface area contributed by atoms with Gasteiger partial charge in [0.05, 0.1) is 18.9 Å². The van der Waals surface area contributed by atoms with E-state index in [1.807, 2.05) is 30.3 Å². The molecule has 1 aromatic rings. The minimum atomic E-state index is -3.56. The number of amides is 1. The van der Waals surface area contributed by atoms with E-state index in [9.17, 15) is 13.2 Å². The monoisotopic (exact) mass is 355 g/mol. The van der Waals surface area contributed by atoms with E-state index < -0.39 is 21.8 Å². The second kappa shape index (κ2) is 7.11. The summed E-state index contributed by atoms with van der Waals surface area (Å²) in [6.07, 6.45) is 1.20. The van der Waals surface area contributed by atoms with Gasteiger partial charge < -0.3 is 9.64 Å². The molecule has 1 heterocycles. The van der Waals surface area contributed by atoms with Crippen molar-refractivity contribution in [2.45, 2.75) is 44.8 Å². The summed E-state index contributed by atoms with van der Waals surface area (Å²) in [7, 11) is -3.56. The molecule has 2 atom stereocenters. The lowest BCUT2D eigenvalue weighted by atomic mass is 9.97. The van der Waals surface area contributed by atoms with Crippen molar-refractivity contribution in [2.24, 2.45) is 0 Å². The lowest BCUT2D eigenvalue weighted by Gasteiger charge is -2.28. The highest BCUT2D eigenvalue weighted by molar-refractivity contribution is 7.85. The number of benzene rings is 1.